The summed E-state index contributed by atoms with van der Waals surface area (Å²) < 4.78 is 24.9. The number of halogens is 2. The summed E-state index contributed by atoms with van der Waals surface area (Å²) in [7, 11) is 1.39. The predicted octanol–water partition coefficient (Wildman–Crippen LogP) is 7.49. The lowest BCUT2D eigenvalue weighted by molar-refractivity contribution is -0.120. The minimum atomic E-state index is -1.12. The first-order valence-corrected chi connectivity index (χ1v) is 14.7. The Labute approximate surface area is 257 Å². The highest BCUT2D eigenvalue weighted by atomic mass is 79.9. The van der Waals surface area contributed by atoms with Crippen molar-refractivity contribution in [3.63, 3.8) is 0 Å². The van der Waals surface area contributed by atoms with Crippen LogP contribution in [-0.4, -0.2) is 37.2 Å². The number of rotatable bonds is 10. The number of para-hydroxylation sites is 2. The van der Waals surface area contributed by atoms with Crippen molar-refractivity contribution in [2.24, 2.45) is 0 Å². The number of methoxy groups -OCH3 is 1. The molecular formula is C33H31BrFN3O5. The number of benzene rings is 4. The number of nitrogens with one attached hydrogen (secondary N) is 1. The number of hydrogen-bond donors (Lipinski definition) is 2. The Balaban J connectivity index is 1.45. The molecule has 4 aromatic rings. The monoisotopic (exact) mass is 647 g/mol. The molecule has 0 atom stereocenters. The minimum absolute atomic E-state index is 0.00133. The number of aromatic carboxylic acids is 1. The maximum Gasteiger partial charge on any atom is 0.339 e. The number of amides is 1. The molecule has 2 N–H and O–H groups in total. The van der Waals surface area contributed by atoms with E-state index in [1.54, 1.807) is 35.3 Å². The summed E-state index contributed by atoms with van der Waals surface area (Å²) in [6, 6.07) is 24.0. The average molecular weight is 649 g/mol. The smallest absolute Gasteiger partial charge is 0.339 e. The van der Waals surface area contributed by atoms with Gasteiger partial charge in [-0.2, -0.15) is 0 Å². The van der Waals surface area contributed by atoms with Gasteiger partial charge in [0.05, 0.1) is 30.6 Å². The van der Waals surface area contributed by atoms with Gasteiger partial charge in [0.15, 0.2) is 0 Å². The second-order valence-electron chi connectivity index (χ2n) is 10.1. The Bertz CT molecular complexity index is 1590. The van der Waals surface area contributed by atoms with Crippen LogP contribution in [0.5, 0.6) is 17.2 Å². The van der Waals surface area contributed by atoms with E-state index in [2.05, 4.69) is 32.3 Å². The molecule has 5 rings (SSSR count). The molecule has 1 saturated heterocycles. The molecule has 1 fully saturated rings. The van der Waals surface area contributed by atoms with E-state index < -0.39 is 5.97 Å². The number of anilines is 3. The third-order valence-electron chi connectivity index (χ3n) is 7.15. The molecule has 1 aliphatic heterocycles. The summed E-state index contributed by atoms with van der Waals surface area (Å²) >= 11 is 3.41. The summed E-state index contributed by atoms with van der Waals surface area (Å²) in [5.41, 5.74) is 6.14. The fourth-order valence-electron chi connectivity index (χ4n) is 5.03. The van der Waals surface area contributed by atoms with Crippen LogP contribution in [0.15, 0.2) is 89.4 Å². The topological polar surface area (TPSA) is 91.3 Å². The van der Waals surface area contributed by atoms with Crippen molar-refractivity contribution in [3.05, 3.63) is 106 Å². The third-order valence-corrected chi connectivity index (χ3v) is 7.89. The van der Waals surface area contributed by atoms with Crippen molar-refractivity contribution >= 4 is 44.9 Å². The first-order valence-electron chi connectivity index (χ1n) is 13.9. The largest absolute Gasteiger partial charge is 0.496 e. The lowest BCUT2D eigenvalue weighted by Crippen LogP contribution is -2.41. The number of carboxylic acid groups (broad SMARTS) is 1. The summed E-state index contributed by atoms with van der Waals surface area (Å²) in [5.74, 6) is -0.552. The number of carboxylic acids is 1. The Morgan fingerprint density at radius 2 is 1.60 bits per heavy atom. The molecule has 0 spiro atoms. The van der Waals surface area contributed by atoms with Crippen LogP contribution < -0.4 is 24.8 Å². The molecule has 43 heavy (non-hydrogen) atoms. The molecule has 1 heterocycles. The molecule has 0 saturated carbocycles. The van der Waals surface area contributed by atoms with E-state index in [1.807, 2.05) is 30.3 Å². The Hall–Kier alpha value is -4.57. The molecular weight excluding hydrogens is 617 g/mol. The summed E-state index contributed by atoms with van der Waals surface area (Å²) in [6.45, 7) is 1.85. The van der Waals surface area contributed by atoms with Crippen LogP contribution >= 0.6 is 15.9 Å². The zero-order valence-corrected chi connectivity index (χ0v) is 25.1. The highest BCUT2D eigenvalue weighted by Crippen LogP contribution is 2.36. The van der Waals surface area contributed by atoms with E-state index in [9.17, 15) is 19.1 Å². The molecule has 0 unspecified atom stereocenters. The van der Waals surface area contributed by atoms with E-state index in [0.717, 1.165) is 37.3 Å². The summed E-state index contributed by atoms with van der Waals surface area (Å²) in [6.07, 6.45) is 3.34. The SMILES string of the molecule is COc1cc(CC(=O)NN(c2ccc(Oc3ccc(F)cc3)cc2)c2ccccc2N2CCCCC2)c(Br)cc1C(=O)O. The van der Waals surface area contributed by atoms with E-state index in [0.29, 0.717) is 27.2 Å². The highest BCUT2D eigenvalue weighted by molar-refractivity contribution is 9.10. The van der Waals surface area contributed by atoms with Gasteiger partial charge < -0.3 is 19.5 Å². The van der Waals surface area contributed by atoms with Crippen LogP contribution in [0.3, 0.4) is 0 Å². The molecule has 0 aliphatic carbocycles. The minimum Gasteiger partial charge on any atom is -0.496 e. The van der Waals surface area contributed by atoms with Gasteiger partial charge in [-0.15, -0.1) is 0 Å². The predicted molar refractivity (Wildman–Crippen MR) is 167 cm³/mol. The maximum atomic E-state index is 13.6. The number of piperidine rings is 1. The van der Waals surface area contributed by atoms with Gasteiger partial charge >= 0.3 is 5.97 Å². The van der Waals surface area contributed by atoms with Gasteiger partial charge in [-0.1, -0.05) is 28.1 Å². The van der Waals surface area contributed by atoms with Crippen LogP contribution in [0.2, 0.25) is 0 Å². The van der Waals surface area contributed by atoms with Crippen molar-refractivity contribution in [1.29, 1.82) is 0 Å². The van der Waals surface area contributed by atoms with Crippen molar-refractivity contribution in [2.45, 2.75) is 25.7 Å². The fourth-order valence-corrected chi connectivity index (χ4v) is 5.51. The Morgan fingerprint density at radius 1 is 0.953 bits per heavy atom. The van der Waals surface area contributed by atoms with Crippen molar-refractivity contribution in [1.82, 2.24) is 5.43 Å². The number of ether oxygens (including phenoxy) is 2. The van der Waals surface area contributed by atoms with Crippen molar-refractivity contribution in [3.8, 4) is 17.2 Å². The van der Waals surface area contributed by atoms with Gasteiger partial charge in [-0.25, -0.2) is 9.18 Å². The van der Waals surface area contributed by atoms with Crippen LogP contribution in [0.25, 0.3) is 0 Å². The highest BCUT2D eigenvalue weighted by Gasteiger charge is 2.22. The maximum absolute atomic E-state index is 13.6. The van der Waals surface area contributed by atoms with Gasteiger partial charge in [0, 0.05) is 17.6 Å². The van der Waals surface area contributed by atoms with Gasteiger partial charge in [0.2, 0.25) is 5.91 Å². The zero-order valence-electron chi connectivity index (χ0n) is 23.6. The van der Waals surface area contributed by atoms with Crippen molar-refractivity contribution in [2.75, 3.05) is 30.1 Å². The number of carbonyl (C=O) groups is 2. The molecule has 8 nitrogen and oxygen atoms in total. The van der Waals surface area contributed by atoms with E-state index in [4.69, 9.17) is 9.47 Å². The van der Waals surface area contributed by atoms with Gasteiger partial charge in [0.1, 0.15) is 28.6 Å². The molecule has 10 heteroatoms. The molecule has 222 valence electrons. The van der Waals surface area contributed by atoms with Crippen LogP contribution in [0, 0.1) is 5.82 Å². The first-order chi connectivity index (χ1) is 20.8. The standard InChI is InChI=1S/C33H31BrFN3O5/c1-42-31-19-22(28(34)21-27(31)33(40)41)20-32(39)36-38(30-8-4-3-7-29(30)37-17-5-2-6-18-37)24-11-15-26(16-12-24)43-25-13-9-23(35)10-14-25/h3-4,7-16,19,21H,2,5-6,17-18,20H2,1H3,(H,36,39)(H,40,41). The van der Waals surface area contributed by atoms with Gasteiger partial charge in [0.25, 0.3) is 0 Å². The van der Waals surface area contributed by atoms with Crippen LogP contribution in [0.4, 0.5) is 21.5 Å². The Kier molecular flexibility index (Phi) is 9.46. The van der Waals surface area contributed by atoms with E-state index in [1.165, 1.54) is 31.7 Å². The van der Waals surface area contributed by atoms with Crippen molar-refractivity contribution < 1.29 is 28.6 Å². The first kappa shape index (κ1) is 29.9. The fraction of sp³-hybridized carbons (Fsp3) is 0.212. The normalized spacial score (nSPS) is 12.9. The second kappa shape index (κ2) is 13.6. The molecule has 4 aromatic carbocycles. The van der Waals surface area contributed by atoms with Gasteiger partial charge in [-0.3, -0.25) is 15.2 Å². The lowest BCUT2D eigenvalue weighted by atomic mass is 10.1. The molecule has 0 bridgehead atoms. The second-order valence-corrected chi connectivity index (χ2v) is 10.9. The van der Waals surface area contributed by atoms with Crippen LogP contribution in [0.1, 0.15) is 35.2 Å². The summed E-state index contributed by atoms with van der Waals surface area (Å²) in [5, 5.41) is 11.3. The molecule has 0 radical (unpaired) electrons. The van der Waals surface area contributed by atoms with E-state index >= 15 is 0 Å². The van der Waals surface area contributed by atoms with E-state index in [-0.39, 0.29) is 29.5 Å². The molecule has 1 amide bonds. The van der Waals surface area contributed by atoms with Crippen LogP contribution in [-0.2, 0) is 11.2 Å². The van der Waals surface area contributed by atoms with Gasteiger partial charge in [-0.05, 0) is 97.6 Å². The average Bonchev–Trinajstić information content (AvgIpc) is 3.02. The molecule has 0 aromatic heterocycles. The zero-order chi connectivity index (χ0) is 30.3. The number of hydrogen-bond acceptors (Lipinski definition) is 6. The molecule has 1 aliphatic rings. The number of hydrazine groups is 1. The Morgan fingerprint density at radius 3 is 2.26 bits per heavy atom. The summed E-state index contributed by atoms with van der Waals surface area (Å²) in [4.78, 5) is 27.5. The lowest BCUT2D eigenvalue weighted by Gasteiger charge is -2.34. The third kappa shape index (κ3) is 7.26. The quantitative estimate of drug-likeness (QED) is 0.172. The number of nitrogens with zero attached hydrogens (tertiary/aromatic N) is 2. The number of carbonyl (C=O) groups excluding carboxylic acids is 1.